The van der Waals surface area contributed by atoms with Crippen molar-refractivity contribution in [2.24, 2.45) is 16.1 Å². The zero-order valence-electron chi connectivity index (χ0n) is 28.1. The molecule has 3 aliphatic carbocycles. The summed E-state index contributed by atoms with van der Waals surface area (Å²) in [6.45, 7) is 2.39. The number of fused-ring (bicyclic) bond motifs is 5. The maximum atomic E-state index is 14.6. The molecule has 1 saturated heterocycles. The first-order valence-electron chi connectivity index (χ1n) is 15.9. The van der Waals surface area contributed by atoms with Gasteiger partial charge >= 0.3 is 5.97 Å². The van der Waals surface area contributed by atoms with Crippen molar-refractivity contribution in [2.45, 2.75) is 74.6 Å². The summed E-state index contributed by atoms with van der Waals surface area (Å²) in [6, 6.07) is 0.640. The molecule has 17 heteroatoms. The fraction of sp³-hybridized carbons (Fsp3) is 0.500. The minimum absolute atomic E-state index is 0.0131. The van der Waals surface area contributed by atoms with E-state index in [1.165, 1.54) is 20.1 Å². The summed E-state index contributed by atoms with van der Waals surface area (Å²) in [5.74, 6) is -7.70. The Bertz CT molecular complexity index is 1930. The van der Waals surface area contributed by atoms with Gasteiger partial charge in [-0.2, -0.15) is 4.91 Å². The van der Waals surface area contributed by atoms with E-state index in [-0.39, 0.29) is 16.8 Å². The van der Waals surface area contributed by atoms with E-state index in [1.54, 1.807) is 6.92 Å². The highest BCUT2D eigenvalue weighted by molar-refractivity contribution is 6.48. The summed E-state index contributed by atoms with van der Waals surface area (Å²) in [7, 11) is 3.30. The SMILES string of the molecule is COC(=O)c1c(C)cc2c(c1O)[C@]1(O)C(=O)c3cc4c(c(O)c3C(=O)[C@]1(OC)[C@H](O)C2)C(N=O)CC(=N[C@H]1O[C@@H](C)[C@H](OC)[C@@H](O)[C@H]1CO)C4=O. The number of hydrogen-bond donors (Lipinski definition) is 6. The van der Waals surface area contributed by atoms with Crippen molar-refractivity contribution in [1.82, 2.24) is 0 Å². The summed E-state index contributed by atoms with van der Waals surface area (Å²) < 4.78 is 21.4. The third-order valence-corrected chi connectivity index (χ3v) is 10.6. The lowest BCUT2D eigenvalue weighted by atomic mass is 9.56. The molecule has 9 atom stereocenters. The van der Waals surface area contributed by atoms with E-state index >= 15 is 0 Å². The Hall–Kier alpha value is -4.49. The lowest BCUT2D eigenvalue weighted by Gasteiger charge is -2.53. The van der Waals surface area contributed by atoms with Crippen molar-refractivity contribution in [1.29, 1.82) is 0 Å². The number of ketones is 3. The number of carbonyl (C=O) groups is 4. The number of aliphatic imine (C=N–C) groups is 1. The number of aryl methyl sites for hydroxylation is 1. The predicted octanol–water partition coefficient (Wildman–Crippen LogP) is 0.326. The number of hydrogen-bond acceptors (Lipinski definition) is 17. The number of nitrogens with zero attached hydrogens (tertiary/aromatic N) is 2. The molecule has 17 nitrogen and oxygen atoms in total. The minimum atomic E-state index is -3.24. The smallest absolute Gasteiger partial charge is 0.341 e. The van der Waals surface area contributed by atoms with E-state index in [0.29, 0.717) is 0 Å². The summed E-state index contributed by atoms with van der Waals surface area (Å²) in [4.78, 5) is 72.4. The van der Waals surface area contributed by atoms with Crippen molar-refractivity contribution in [2.75, 3.05) is 27.9 Å². The maximum absolute atomic E-state index is 14.6. The van der Waals surface area contributed by atoms with Gasteiger partial charge in [0.15, 0.2) is 17.4 Å². The average Bonchev–Trinajstić information content (AvgIpc) is 3.08. The van der Waals surface area contributed by atoms with Crippen molar-refractivity contribution in [3.8, 4) is 11.5 Å². The van der Waals surface area contributed by atoms with Crippen LogP contribution in [0.5, 0.6) is 11.5 Å². The molecule has 2 aromatic carbocycles. The van der Waals surface area contributed by atoms with E-state index in [2.05, 4.69) is 10.2 Å². The highest BCUT2D eigenvalue weighted by atomic mass is 16.6. The van der Waals surface area contributed by atoms with Crippen molar-refractivity contribution in [3.63, 3.8) is 0 Å². The lowest BCUT2D eigenvalue weighted by Crippen LogP contribution is -2.73. The van der Waals surface area contributed by atoms with Gasteiger partial charge in [0, 0.05) is 49.3 Å². The first kappa shape index (κ1) is 36.3. The van der Waals surface area contributed by atoms with Gasteiger partial charge in [0.05, 0.1) is 49.2 Å². The first-order chi connectivity index (χ1) is 24.1. The number of esters is 1. The summed E-state index contributed by atoms with van der Waals surface area (Å²) >= 11 is 0. The number of ether oxygens (including phenoxy) is 4. The van der Waals surface area contributed by atoms with Gasteiger partial charge in [0.2, 0.25) is 17.3 Å². The topological polar surface area (TPSA) is 268 Å². The Morgan fingerprint density at radius 2 is 1.73 bits per heavy atom. The summed E-state index contributed by atoms with van der Waals surface area (Å²) in [5.41, 5.74) is -9.85. The highest BCUT2D eigenvalue weighted by Crippen LogP contribution is 2.57. The third kappa shape index (κ3) is 4.69. The monoisotopic (exact) mass is 712 g/mol. The molecule has 0 aromatic heterocycles. The van der Waals surface area contributed by atoms with Crippen LogP contribution in [0.2, 0.25) is 0 Å². The highest BCUT2D eigenvalue weighted by Gasteiger charge is 2.72. The number of phenolic OH excluding ortho intramolecular Hbond substituents is 2. The number of carbonyl (C=O) groups excluding carboxylic acids is 4. The Kier molecular flexibility index (Phi) is 8.99. The zero-order valence-corrected chi connectivity index (χ0v) is 28.1. The number of rotatable bonds is 6. The quantitative estimate of drug-likeness (QED) is 0.174. The van der Waals surface area contributed by atoms with Gasteiger partial charge in [-0.3, -0.25) is 19.4 Å². The average molecular weight is 713 g/mol. The standard InChI is InChI=1S/C34H36N2O15/c1-11-6-13-7-19(38)34(50-5)30(44)22-15(29(43)33(34,46)23(13)27(42)20(11)32(45)49-4)8-14-21(26(22)41)17(36-47)9-18(24(14)39)35-31-16(10-37)25(40)28(48-3)12(2)51-31/h6,8,12,16-17,19,25,28,31,37-38,40-42,46H,7,9-10H2,1-5H3/t12-,16+,17?,19+,25-,28-,31-,33-,34+/m0/s1. The molecule has 272 valence electrons. The molecule has 1 heterocycles. The second kappa shape index (κ2) is 12.6. The lowest BCUT2D eigenvalue weighted by molar-refractivity contribution is -0.206. The van der Waals surface area contributed by atoms with E-state index in [4.69, 9.17) is 18.9 Å². The number of nitroso groups, excluding NO2 is 1. The minimum Gasteiger partial charge on any atom is -0.507 e. The van der Waals surface area contributed by atoms with Crippen LogP contribution in [0.4, 0.5) is 0 Å². The van der Waals surface area contributed by atoms with Gasteiger partial charge in [-0.1, -0.05) is 11.2 Å². The summed E-state index contributed by atoms with van der Waals surface area (Å²) in [5, 5.41) is 70.9. The number of benzene rings is 2. The number of aliphatic hydroxyl groups is 4. The van der Waals surface area contributed by atoms with Crippen molar-refractivity contribution in [3.05, 3.63) is 61.5 Å². The second-order valence-corrected chi connectivity index (χ2v) is 13.1. The molecule has 1 fully saturated rings. The van der Waals surface area contributed by atoms with Gasteiger partial charge < -0.3 is 49.6 Å². The molecule has 0 saturated carbocycles. The molecule has 1 unspecified atom stereocenters. The molecule has 2 aromatic rings. The van der Waals surface area contributed by atoms with Crippen LogP contribution in [0.25, 0.3) is 0 Å². The normalized spacial score (nSPS) is 33.6. The maximum Gasteiger partial charge on any atom is 0.341 e. The molecule has 51 heavy (non-hydrogen) atoms. The zero-order chi connectivity index (χ0) is 37.5. The van der Waals surface area contributed by atoms with Crippen molar-refractivity contribution >= 4 is 29.0 Å². The molecule has 0 radical (unpaired) electrons. The van der Waals surface area contributed by atoms with Gasteiger partial charge in [-0.05, 0) is 31.0 Å². The van der Waals surface area contributed by atoms with E-state index in [0.717, 1.165) is 20.3 Å². The molecule has 0 amide bonds. The molecular weight excluding hydrogens is 676 g/mol. The van der Waals surface area contributed by atoms with Crippen LogP contribution in [0, 0.1) is 17.7 Å². The Morgan fingerprint density at radius 1 is 1.04 bits per heavy atom. The predicted molar refractivity (Wildman–Crippen MR) is 171 cm³/mol. The Morgan fingerprint density at radius 3 is 2.31 bits per heavy atom. The molecule has 4 aliphatic rings. The van der Waals surface area contributed by atoms with Crippen LogP contribution in [-0.2, 0) is 31.0 Å². The Labute approximate surface area is 289 Å². The third-order valence-electron chi connectivity index (χ3n) is 10.6. The molecular formula is C34H36N2O15. The van der Waals surface area contributed by atoms with E-state index in [9.17, 15) is 54.7 Å². The molecule has 0 spiro atoms. The first-order valence-corrected chi connectivity index (χ1v) is 15.9. The van der Waals surface area contributed by atoms with Crippen molar-refractivity contribution < 1.29 is 68.8 Å². The number of phenols is 2. The Balaban J connectivity index is 1.57. The number of methoxy groups -OCH3 is 3. The number of Topliss-reactive ketones (excluding diaryl/α,β-unsaturated/α-hetero) is 3. The number of aliphatic hydroxyl groups excluding tert-OH is 3. The van der Waals surface area contributed by atoms with E-state index < -0.39 is 141 Å². The second-order valence-electron chi connectivity index (χ2n) is 13.1. The molecule has 6 rings (SSSR count). The van der Waals surface area contributed by atoms with Gasteiger partial charge in [0.1, 0.15) is 29.2 Å². The van der Waals surface area contributed by atoms with Crippen LogP contribution in [0.15, 0.2) is 22.3 Å². The van der Waals surface area contributed by atoms with E-state index in [1.807, 2.05) is 0 Å². The van der Waals surface area contributed by atoms with Crippen LogP contribution in [-0.4, -0.2) is 124 Å². The van der Waals surface area contributed by atoms with Crippen LogP contribution in [0.3, 0.4) is 0 Å². The number of aromatic hydroxyl groups is 2. The summed E-state index contributed by atoms with van der Waals surface area (Å²) in [6.07, 6.45) is -7.09. The van der Waals surface area contributed by atoms with Crippen LogP contribution < -0.4 is 0 Å². The fourth-order valence-corrected chi connectivity index (χ4v) is 8.18. The molecule has 0 bridgehead atoms. The van der Waals surface area contributed by atoms with Gasteiger partial charge in [0.25, 0.3) is 0 Å². The van der Waals surface area contributed by atoms with Crippen LogP contribution >= 0.6 is 0 Å². The van der Waals surface area contributed by atoms with Gasteiger partial charge in [-0.15, -0.1) is 0 Å². The van der Waals surface area contributed by atoms with Crippen LogP contribution in [0.1, 0.15) is 83.1 Å². The molecule has 1 aliphatic heterocycles. The largest absolute Gasteiger partial charge is 0.507 e. The molecule has 6 N–H and O–H groups in total. The fourth-order valence-electron chi connectivity index (χ4n) is 8.18. The van der Waals surface area contributed by atoms with Gasteiger partial charge in [-0.25, -0.2) is 4.79 Å².